The number of rotatable bonds is 3. The third-order valence-corrected chi connectivity index (χ3v) is 5.36. The largest absolute Gasteiger partial charge is 0.337 e. The fraction of sp³-hybridized carbons (Fsp3) is 0.938. The van der Waals surface area contributed by atoms with Gasteiger partial charge in [0.1, 0.15) is 0 Å². The number of amides is 1. The highest BCUT2D eigenvalue weighted by molar-refractivity contribution is 5.79. The molecule has 0 aromatic carbocycles. The van der Waals surface area contributed by atoms with Gasteiger partial charge in [-0.1, -0.05) is 20.3 Å². The van der Waals surface area contributed by atoms with E-state index in [9.17, 15) is 4.79 Å². The molecule has 0 radical (unpaired) electrons. The second kappa shape index (κ2) is 6.25. The van der Waals surface area contributed by atoms with Crippen molar-refractivity contribution >= 4 is 5.91 Å². The predicted molar refractivity (Wildman–Crippen MR) is 78.7 cm³/mol. The van der Waals surface area contributed by atoms with E-state index in [0.717, 1.165) is 19.3 Å². The molecule has 1 heterocycles. The van der Waals surface area contributed by atoms with Crippen molar-refractivity contribution in [3.8, 4) is 0 Å². The summed E-state index contributed by atoms with van der Waals surface area (Å²) in [6.45, 7) is 6.53. The molecule has 1 saturated heterocycles. The standard InChI is InChI=1S/C16H30N2O/c1-4-15-9-8-11(2)18(15)16(19)12(3)13-6-5-7-14(17)10-13/h11-15H,4-10,17H2,1-3H3. The van der Waals surface area contributed by atoms with E-state index in [-0.39, 0.29) is 5.92 Å². The monoisotopic (exact) mass is 266 g/mol. The second-order valence-electron chi connectivity index (χ2n) is 6.71. The van der Waals surface area contributed by atoms with Gasteiger partial charge in [0.25, 0.3) is 0 Å². The van der Waals surface area contributed by atoms with Crippen molar-refractivity contribution in [2.75, 3.05) is 0 Å². The van der Waals surface area contributed by atoms with Gasteiger partial charge in [-0.2, -0.15) is 0 Å². The van der Waals surface area contributed by atoms with Gasteiger partial charge in [-0.25, -0.2) is 0 Å². The summed E-state index contributed by atoms with van der Waals surface area (Å²) in [6, 6.07) is 1.21. The lowest BCUT2D eigenvalue weighted by molar-refractivity contribution is -0.140. The van der Waals surface area contributed by atoms with Crippen LogP contribution in [0, 0.1) is 11.8 Å². The Morgan fingerprint density at radius 2 is 2.05 bits per heavy atom. The van der Waals surface area contributed by atoms with Gasteiger partial charge >= 0.3 is 0 Å². The highest BCUT2D eigenvalue weighted by Crippen LogP contribution is 2.34. The molecule has 19 heavy (non-hydrogen) atoms. The first-order valence-electron chi connectivity index (χ1n) is 8.12. The second-order valence-corrected chi connectivity index (χ2v) is 6.71. The predicted octanol–water partition coefficient (Wildman–Crippen LogP) is 2.93. The highest BCUT2D eigenvalue weighted by Gasteiger charge is 2.38. The molecule has 0 bridgehead atoms. The fourth-order valence-electron chi connectivity index (χ4n) is 4.03. The van der Waals surface area contributed by atoms with E-state index in [1.54, 1.807) is 0 Å². The number of hydrogen-bond donors (Lipinski definition) is 1. The van der Waals surface area contributed by atoms with E-state index in [2.05, 4.69) is 25.7 Å². The van der Waals surface area contributed by atoms with Crippen LogP contribution in [0.25, 0.3) is 0 Å². The average molecular weight is 266 g/mol. The smallest absolute Gasteiger partial charge is 0.226 e. The third kappa shape index (κ3) is 3.13. The number of carbonyl (C=O) groups excluding carboxylic acids is 1. The van der Waals surface area contributed by atoms with Crippen LogP contribution in [-0.2, 0) is 4.79 Å². The molecule has 2 aliphatic rings. The first-order chi connectivity index (χ1) is 9.04. The Labute approximate surface area is 117 Å². The summed E-state index contributed by atoms with van der Waals surface area (Å²) in [6.07, 6.45) is 7.98. The van der Waals surface area contributed by atoms with E-state index < -0.39 is 0 Å². The van der Waals surface area contributed by atoms with Gasteiger partial charge < -0.3 is 10.6 Å². The molecule has 110 valence electrons. The quantitative estimate of drug-likeness (QED) is 0.853. The topological polar surface area (TPSA) is 46.3 Å². The van der Waals surface area contributed by atoms with E-state index >= 15 is 0 Å². The summed E-state index contributed by atoms with van der Waals surface area (Å²) >= 11 is 0. The summed E-state index contributed by atoms with van der Waals surface area (Å²) in [5.74, 6) is 1.04. The zero-order valence-electron chi connectivity index (χ0n) is 12.8. The Kier molecular flexibility index (Phi) is 4.88. The molecule has 3 nitrogen and oxygen atoms in total. The molecule has 5 unspecified atom stereocenters. The van der Waals surface area contributed by atoms with Gasteiger partial charge in [0.05, 0.1) is 0 Å². The summed E-state index contributed by atoms with van der Waals surface area (Å²) in [5.41, 5.74) is 6.07. The lowest BCUT2D eigenvalue weighted by Crippen LogP contribution is -2.45. The van der Waals surface area contributed by atoms with Crippen LogP contribution < -0.4 is 5.73 Å². The van der Waals surface area contributed by atoms with E-state index in [1.165, 1.54) is 25.7 Å². The molecule has 5 atom stereocenters. The molecule has 1 aliphatic carbocycles. The van der Waals surface area contributed by atoms with E-state index in [1.807, 2.05) is 0 Å². The van der Waals surface area contributed by atoms with E-state index in [4.69, 9.17) is 5.73 Å². The molecule has 2 fully saturated rings. The van der Waals surface area contributed by atoms with Crippen LogP contribution in [0.15, 0.2) is 0 Å². The van der Waals surface area contributed by atoms with Crippen molar-refractivity contribution in [3.63, 3.8) is 0 Å². The van der Waals surface area contributed by atoms with Crippen molar-refractivity contribution in [2.45, 2.75) is 83.8 Å². The van der Waals surface area contributed by atoms with Crippen LogP contribution in [-0.4, -0.2) is 28.9 Å². The maximum Gasteiger partial charge on any atom is 0.226 e. The van der Waals surface area contributed by atoms with Gasteiger partial charge in [-0.3, -0.25) is 4.79 Å². The Bertz CT molecular complexity index is 318. The lowest BCUT2D eigenvalue weighted by Gasteiger charge is -2.36. The first kappa shape index (κ1) is 14.8. The molecule has 2 N–H and O–H groups in total. The average Bonchev–Trinajstić information content (AvgIpc) is 2.78. The minimum atomic E-state index is 0.154. The van der Waals surface area contributed by atoms with Crippen LogP contribution in [0.4, 0.5) is 0 Å². The number of likely N-dealkylation sites (tertiary alicyclic amines) is 1. The van der Waals surface area contributed by atoms with Crippen molar-refractivity contribution in [1.82, 2.24) is 4.90 Å². The van der Waals surface area contributed by atoms with Crippen molar-refractivity contribution in [2.24, 2.45) is 17.6 Å². The normalized spacial score (nSPS) is 37.4. The minimum Gasteiger partial charge on any atom is -0.337 e. The van der Waals surface area contributed by atoms with Gasteiger partial charge in [0.15, 0.2) is 0 Å². The van der Waals surface area contributed by atoms with Crippen LogP contribution >= 0.6 is 0 Å². The molecular formula is C16H30N2O. The molecule has 1 amide bonds. The fourth-order valence-corrected chi connectivity index (χ4v) is 4.03. The highest BCUT2D eigenvalue weighted by atomic mass is 16.2. The molecule has 1 aliphatic heterocycles. The maximum absolute atomic E-state index is 12.8. The van der Waals surface area contributed by atoms with Gasteiger partial charge in [-0.05, 0) is 51.4 Å². The Balaban J connectivity index is 2.01. The molecule has 0 aromatic rings. The zero-order chi connectivity index (χ0) is 14.0. The first-order valence-corrected chi connectivity index (χ1v) is 8.12. The van der Waals surface area contributed by atoms with Gasteiger partial charge in [0.2, 0.25) is 5.91 Å². The van der Waals surface area contributed by atoms with Crippen molar-refractivity contribution in [1.29, 1.82) is 0 Å². The van der Waals surface area contributed by atoms with Crippen molar-refractivity contribution < 1.29 is 4.79 Å². The van der Waals surface area contributed by atoms with Crippen LogP contribution in [0.1, 0.15) is 65.7 Å². The van der Waals surface area contributed by atoms with Crippen LogP contribution in [0.2, 0.25) is 0 Å². The molecule has 0 aromatic heterocycles. The zero-order valence-corrected chi connectivity index (χ0v) is 12.8. The Hall–Kier alpha value is -0.570. The maximum atomic E-state index is 12.8. The number of hydrogen-bond acceptors (Lipinski definition) is 2. The van der Waals surface area contributed by atoms with Crippen LogP contribution in [0.3, 0.4) is 0 Å². The number of nitrogens with two attached hydrogens (primary N) is 1. The molecule has 1 saturated carbocycles. The Morgan fingerprint density at radius 1 is 1.32 bits per heavy atom. The summed E-state index contributed by atoms with van der Waals surface area (Å²) in [7, 11) is 0. The lowest BCUT2D eigenvalue weighted by atomic mass is 9.78. The number of nitrogens with zero attached hydrogens (tertiary/aromatic N) is 1. The van der Waals surface area contributed by atoms with Crippen molar-refractivity contribution in [3.05, 3.63) is 0 Å². The molecule has 3 heteroatoms. The van der Waals surface area contributed by atoms with Gasteiger partial charge in [-0.15, -0.1) is 0 Å². The summed E-state index contributed by atoms with van der Waals surface area (Å²) in [4.78, 5) is 15.0. The third-order valence-electron chi connectivity index (χ3n) is 5.36. The molecular weight excluding hydrogens is 236 g/mol. The van der Waals surface area contributed by atoms with E-state index in [0.29, 0.717) is 30.0 Å². The van der Waals surface area contributed by atoms with Gasteiger partial charge in [0, 0.05) is 24.0 Å². The Morgan fingerprint density at radius 3 is 2.68 bits per heavy atom. The molecule has 0 spiro atoms. The summed E-state index contributed by atoms with van der Waals surface area (Å²) < 4.78 is 0. The molecule has 2 rings (SSSR count). The SMILES string of the molecule is CCC1CCC(C)N1C(=O)C(C)C1CCCC(N)C1. The van der Waals surface area contributed by atoms with Crippen LogP contribution in [0.5, 0.6) is 0 Å². The number of carbonyl (C=O) groups is 1. The summed E-state index contributed by atoms with van der Waals surface area (Å²) in [5, 5.41) is 0. The minimum absolute atomic E-state index is 0.154.